The average molecular weight is 605 g/mol. The third-order valence-corrected chi connectivity index (χ3v) is 8.34. The van der Waals surface area contributed by atoms with Gasteiger partial charge >= 0.3 is 5.97 Å². The van der Waals surface area contributed by atoms with Crippen LogP contribution >= 0.6 is 11.6 Å². The van der Waals surface area contributed by atoms with Crippen molar-refractivity contribution in [2.45, 2.75) is 57.9 Å². The molecule has 0 radical (unpaired) electrons. The molecule has 42 heavy (non-hydrogen) atoms. The van der Waals surface area contributed by atoms with Gasteiger partial charge in [-0.3, -0.25) is 14.5 Å². The molecule has 1 saturated heterocycles. The highest BCUT2D eigenvalue weighted by Crippen LogP contribution is 2.43. The molecular formula is C31H41ClN2O8. The molecule has 1 aromatic rings. The Bertz CT molecular complexity index is 1250. The molecule has 2 heterocycles. The number of para-hydroxylation sites is 1. The van der Waals surface area contributed by atoms with Gasteiger partial charge in [0.1, 0.15) is 18.1 Å². The summed E-state index contributed by atoms with van der Waals surface area (Å²) in [5.74, 6) is 0.337. The van der Waals surface area contributed by atoms with Crippen LogP contribution in [0.2, 0.25) is 0 Å². The van der Waals surface area contributed by atoms with Crippen LogP contribution < -0.4 is 9.47 Å². The Morgan fingerprint density at radius 3 is 2.48 bits per heavy atom. The predicted octanol–water partition coefficient (Wildman–Crippen LogP) is 3.62. The Balaban J connectivity index is 1.75. The number of carbonyl (C=O) groups excluding carboxylic acids is 1. The molecular weight excluding hydrogens is 564 g/mol. The van der Waals surface area contributed by atoms with Crippen LogP contribution in [-0.2, 0) is 14.3 Å². The maximum Gasteiger partial charge on any atom is 0.303 e. The maximum atomic E-state index is 13.6. The van der Waals surface area contributed by atoms with Crippen molar-refractivity contribution in [2.24, 2.45) is 11.3 Å². The first kappa shape index (κ1) is 31.9. The zero-order valence-electron chi connectivity index (χ0n) is 24.6. The van der Waals surface area contributed by atoms with Crippen LogP contribution in [0.1, 0.15) is 45.1 Å². The average Bonchev–Trinajstić information content (AvgIpc) is 3.06. The third-order valence-electron chi connectivity index (χ3n) is 8.10. The van der Waals surface area contributed by atoms with Crippen molar-refractivity contribution in [3.05, 3.63) is 52.6 Å². The van der Waals surface area contributed by atoms with Crippen LogP contribution in [0.5, 0.6) is 11.5 Å². The second kappa shape index (κ2) is 13.5. The zero-order chi connectivity index (χ0) is 30.6. The Morgan fingerprint density at radius 2 is 1.86 bits per heavy atom. The van der Waals surface area contributed by atoms with E-state index in [1.54, 1.807) is 30.2 Å². The summed E-state index contributed by atoms with van der Waals surface area (Å²) in [5, 5.41) is 31.6. The lowest BCUT2D eigenvalue weighted by molar-refractivity contribution is -0.142. The van der Waals surface area contributed by atoms with E-state index >= 15 is 0 Å². The van der Waals surface area contributed by atoms with Gasteiger partial charge in [-0.2, -0.15) is 0 Å². The number of benzene rings is 1. The highest BCUT2D eigenvalue weighted by molar-refractivity contribution is 6.31. The lowest BCUT2D eigenvalue weighted by Crippen LogP contribution is -2.53. The topological polar surface area (TPSA) is 129 Å². The lowest BCUT2D eigenvalue weighted by Gasteiger charge is -2.40. The second-order valence-corrected chi connectivity index (χ2v) is 12.3. The number of likely N-dealkylation sites (tertiary alicyclic amines) is 1. The van der Waals surface area contributed by atoms with E-state index in [9.17, 15) is 19.8 Å². The molecule has 1 aromatic carbocycles. The molecule has 1 aliphatic carbocycles. The summed E-state index contributed by atoms with van der Waals surface area (Å²) in [7, 11) is 3.07. The number of fused-ring (bicyclic) bond motifs is 1. The summed E-state index contributed by atoms with van der Waals surface area (Å²) < 4.78 is 17.9. The van der Waals surface area contributed by atoms with Gasteiger partial charge in [0.15, 0.2) is 11.5 Å². The van der Waals surface area contributed by atoms with Crippen LogP contribution in [0, 0.1) is 11.3 Å². The largest absolute Gasteiger partial charge is 0.493 e. The molecule has 0 bridgehead atoms. The van der Waals surface area contributed by atoms with E-state index in [0.717, 1.165) is 0 Å². The molecule has 11 heteroatoms. The van der Waals surface area contributed by atoms with Gasteiger partial charge < -0.3 is 34.4 Å². The number of hydrogen-bond acceptors (Lipinski definition) is 8. The number of ether oxygens (including phenoxy) is 3. The quantitative estimate of drug-likeness (QED) is 0.367. The van der Waals surface area contributed by atoms with Crippen LogP contribution in [0.4, 0.5) is 0 Å². The standard InChI is InChI=1S/C31H41ClN2O8/c1-31(2,18-35)17-34-23-9-8-20(32)15-22(23)28(21-6-5-7-24(40-3)29(21)41-4)42-25(30(34)39)16-26(36)33-12-10-19(11-13-33)14-27(37)38/h5-9,15,19,23,25,30,35,39H,10-14,16-18H2,1-4H3,(H,37,38). The van der Waals surface area contributed by atoms with Crippen molar-refractivity contribution >= 4 is 29.2 Å². The monoisotopic (exact) mass is 604 g/mol. The SMILES string of the molecule is COc1cccc(C2=C3C=C(Cl)C=CC3N(CC(C)(C)CO)C(O)C(CC(=O)N3CCC(CC(=O)O)CC3)O2)c1OC. The van der Waals surface area contributed by atoms with Crippen molar-refractivity contribution in [1.29, 1.82) is 0 Å². The molecule has 1 amide bonds. The molecule has 1 fully saturated rings. The number of aliphatic carboxylic acids is 1. The smallest absolute Gasteiger partial charge is 0.303 e. The lowest BCUT2D eigenvalue weighted by atomic mass is 9.90. The molecule has 3 aliphatic rings. The van der Waals surface area contributed by atoms with Gasteiger partial charge in [-0.25, -0.2) is 0 Å². The highest BCUT2D eigenvalue weighted by atomic mass is 35.5. The zero-order valence-corrected chi connectivity index (χ0v) is 25.3. The van der Waals surface area contributed by atoms with Gasteiger partial charge in [-0.15, -0.1) is 0 Å². The Morgan fingerprint density at radius 1 is 1.14 bits per heavy atom. The van der Waals surface area contributed by atoms with E-state index < -0.39 is 29.8 Å². The molecule has 10 nitrogen and oxygen atoms in total. The summed E-state index contributed by atoms with van der Waals surface area (Å²) in [6.45, 7) is 4.88. The first-order chi connectivity index (χ1) is 20.0. The Kier molecular flexibility index (Phi) is 10.2. The van der Waals surface area contributed by atoms with Gasteiger partial charge in [0, 0.05) is 48.7 Å². The van der Waals surface area contributed by atoms with Crippen molar-refractivity contribution < 1.29 is 39.1 Å². The summed E-state index contributed by atoms with van der Waals surface area (Å²) in [6.07, 6.45) is 4.41. The van der Waals surface area contributed by atoms with Gasteiger partial charge in [0.25, 0.3) is 0 Å². The molecule has 3 N–H and O–H groups in total. The van der Waals surface area contributed by atoms with Crippen LogP contribution in [-0.4, -0.2) is 95.8 Å². The number of amides is 1. The Hall–Kier alpha value is -3.05. The first-order valence-corrected chi connectivity index (χ1v) is 14.6. The van der Waals surface area contributed by atoms with Crippen LogP contribution in [0.3, 0.4) is 0 Å². The molecule has 0 saturated carbocycles. The number of carboxylic acids is 1. The number of nitrogens with zero attached hydrogens (tertiary/aromatic N) is 2. The van der Waals surface area contributed by atoms with Gasteiger partial charge in [0.05, 0.1) is 32.2 Å². The van der Waals surface area contributed by atoms with Crippen molar-refractivity contribution in [1.82, 2.24) is 9.80 Å². The fraction of sp³-hybridized carbons (Fsp3) is 0.548. The van der Waals surface area contributed by atoms with Gasteiger partial charge in [0.2, 0.25) is 5.91 Å². The number of halogens is 1. The number of allylic oxidation sites excluding steroid dienone is 2. The summed E-state index contributed by atoms with van der Waals surface area (Å²) in [4.78, 5) is 28.3. The number of aliphatic hydroxyl groups excluding tert-OH is 2. The molecule has 3 unspecified atom stereocenters. The number of aliphatic hydroxyl groups is 2. The summed E-state index contributed by atoms with van der Waals surface area (Å²) in [6, 6.07) is 4.92. The van der Waals surface area contributed by atoms with E-state index in [-0.39, 0.29) is 31.3 Å². The predicted molar refractivity (Wildman–Crippen MR) is 158 cm³/mol. The number of rotatable bonds is 10. The number of carboxylic acid groups (broad SMARTS) is 1. The number of piperidine rings is 1. The van der Waals surface area contributed by atoms with E-state index in [0.29, 0.717) is 65.9 Å². The fourth-order valence-electron chi connectivity index (χ4n) is 5.82. The van der Waals surface area contributed by atoms with Gasteiger partial charge in [-0.05, 0) is 43.0 Å². The number of hydrogen-bond donors (Lipinski definition) is 3. The normalized spacial score (nSPS) is 23.5. The molecule has 0 spiro atoms. The van der Waals surface area contributed by atoms with E-state index in [2.05, 4.69) is 0 Å². The molecule has 0 aromatic heterocycles. The molecule has 3 atom stereocenters. The van der Waals surface area contributed by atoms with Crippen LogP contribution in [0.15, 0.2) is 47.0 Å². The second-order valence-electron chi connectivity index (χ2n) is 11.8. The number of carbonyl (C=O) groups is 2. The van der Waals surface area contributed by atoms with Crippen LogP contribution in [0.25, 0.3) is 5.76 Å². The van der Waals surface area contributed by atoms with Gasteiger partial charge in [-0.1, -0.05) is 37.6 Å². The minimum Gasteiger partial charge on any atom is -0.493 e. The molecule has 4 rings (SSSR count). The van der Waals surface area contributed by atoms with E-state index in [1.165, 1.54) is 7.11 Å². The Labute approximate surface area is 251 Å². The molecule has 230 valence electrons. The van der Waals surface area contributed by atoms with E-state index in [1.807, 2.05) is 37.0 Å². The summed E-state index contributed by atoms with van der Waals surface area (Å²) >= 11 is 6.49. The van der Waals surface area contributed by atoms with Crippen molar-refractivity contribution in [3.8, 4) is 11.5 Å². The minimum atomic E-state index is -1.21. The maximum absolute atomic E-state index is 13.6. The third kappa shape index (κ3) is 7.11. The van der Waals surface area contributed by atoms with E-state index in [4.69, 9.17) is 30.9 Å². The highest BCUT2D eigenvalue weighted by Gasteiger charge is 2.43. The first-order valence-electron chi connectivity index (χ1n) is 14.2. The summed E-state index contributed by atoms with van der Waals surface area (Å²) in [5.41, 5.74) is 0.672. The number of methoxy groups -OCH3 is 2. The molecule has 2 aliphatic heterocycles. The fourth-order valence-corrected chi connectivity index (χ4v) is 6.01. The van der Waals surface area contributed by atoms with Crippen molar-refractivity contribution in [3.63, 3.8) is 0 Å². The van der Waals surface area contributed by atoms with Crippen molar-refractivity contribution in [2.75, 3.05) is 40.5 Å². The minimum absolute atomic E-state index is 0.0331.